The smallest absolute Gasteiger partial charge is 0.408 e. The second-order valence-corrected chi connectivity index (χ2v) is 26.0. The zero-order valence-electron chi connectivity index (χ0n) is 59.8. The molecule has 0 spiro atoms. The summed E-state index contributed by atoms with van der Waals surface area (Å²) in [6.45, 7) is -1.70. The van der Waals surface area contributed by atoms with E-state index in [9.17, 15) is 89.1 Å². The zero-order valence-corrected chi connectivity index (χ0v) is 59.8. The van der Waals surface area contributed by atoms with Crippen LogP contribution in [0.3, 0.4) is 0 Å². The Hall–Kier alpha value is -8.22. The molecular formula is C67H98N10O32. The lowest BCUT2D eigenvalue weighted by Gasteiger charge is -2.40. The largest absolute Gasteiger partial charge is 0.457 e. The molecule has 0 radical (unpaired) electrons. The predicted octanol–water partition coefficient (Wildman–Crippen LogP) is -5.97. The normalized spacial score (nSPS) is 26.4. The van der Waals surface area contributed by atoms with Crippen molar-refractivity contribution in [3.63, 3.8) is 0 Å². The second-order valence-electron chi connectivity index (χ2n) is 26.0. The maximum absolute atomic E-state index is 14.4. The number of primary amides is 3. The highest BCUT2D eigenvalue weighted by Gasteiger charge is 2.53. The van der Waals surface area contributed by atoms with Gasteiger partial charge in [-0.05, 0) is 56.8 Å². The molecule has 42 nitrogen and oxygen atoms in total. The first-order chi connectivity index (χ1) is 52.3. The van der Waals surface area contributed by atoms with Crippen LogP contribution in [0.2, 0.25) is 0 Å². The van der Waals surface area contributed by atoms with Crippen LogP contribution in [0.5, 0.6) is 0 Å². The van der Waals surface area contributed by atoms with Crippen LogP contribution < -0.4 is 49.3 Å². The molecule has 7 heterocycles. The van der Waals surface area contributed by atoms with Gasteiger partial charge in [-0.2, -0.15) is 0 Å². The van der Waals surface area contributed by atoms with Gasteiger partial charge in [0.15, 0.2) is 37.2 Å². The molecule has 0 bridgehead atoms. The maximum Gasteiger partial charge on any atom is 0.408 e. The molecule has 3 fully saturated rings. The van der Waals surface area contributed by atoms with Crippen LogP contribution >= 0.6 is 0 Å². The lowest BCUT2D eigenvalue weighted by atomic mass is 9.83. The van der Waals surface area contributed by atoms with Gasteiger partial charge >= 0.3 is 30.3 Å². The number of fused-ring (bicyclic) bond motifs is 5. The topological polar surface area (TPSA) is 621 Å². The highest BCUT2D eigenvalue weighted by Crippen LogP contribution is 2.41. The molecule has 42 heteroatoms. The van der Waals surface area contributed by atoms with Gasteiger partial charge in [-0.3, -0.25) is 19.2 Å². The van der Waals surface area contributed by atoms with Crippen LogP contribution in [-0.4, -0.2) is 313 Å². The van der Waals surface area contributed by atoms with E-state index in [2.05, 4.69) is 26.6 Å². The van der Waals surface area contributed by atoms with Crippen LogP contribution in [0.1, 0.15) is 75.0 Å². The highest BCUT2D eigenvalue weighted by atomic mass is 16.7. The first kappa shape index (κ1) is 86.4. The van der Waals surface area contributed by atoms with E-state index in [1.54, 1.807) is 13.0 Å². The molecule has 8 rings (SSSR count). The summed E-state index contributed by atoms with van der Waals surface area (Å²) in [5.41, 5.74) is 13.9. The van der Waals surface area contributed by atoms with Crippen molar-refractivity contribution in [1.82, 2.24) is 36.1 Å². The van der Waals surface area contributed by atoms with E-state index in [0.717, 1.165) is 10.9 Å². The number of esters is 1. The molecule has 16 atom stereocenters. The molecule has 109 heavy (non-hydrogen) atoms. The van der Waals surface area contributed by atoms with E-state index in [4.69, 9.17) is 88.5 Å². The molecule has 3 saturated heterocycles. The average molecular weight is 1560 g/mol. The van der Waals surface area contributed by atoms with E-state index in [-0.39, 0.29) is 148 Å². The number of carbonyl (C=O) groups excluding carboxylic acids is 8. The molecule has 608 valence electrons. The van der Waals surface area contributed by atoms with Gasteiger partial charge in [0, 0.05) is 67.5 Å². The van der Waals surface area contributed by atoms with Crippen LogP contribution in [-0.2, 0) is 104 Å². The maximum atomic E-state index is 14.4. The molecule has 0 saturated carbocycles. The van der Waals surface area contributed by atoms with Gasteiger partial charge in [0.05, 0.1) is 108 Å². The number of carbonyl (C=O) groups is 8. The summed E-state index contributed by atoms with van der Waals surface area (Å²) in [6, 6.07) is 11.0. The molecule has 5 aliphatic rings. The number of cyclic esters (lactones) is 1. The number of pyridine rings is 2. The van der Waals surface area contributed by atoms with Crippen molar-refractivity contribution in [2.45, 2.75) is 175 Å². The van der Waals surface area contributed by atoms with E-state index in [0.29, 0.717) is 23.3 Å². The molecule has 2 aromatic heterocycles. The predicted molar refractivity (Wildman–Crippen MR) is 366 cm³/mol. The van der Waals surface area contributed by atoms with E-state index in [1.165, 1.54) is 4.57 Å². The number of amides is 7. The fourth-order valence-electron chi connectivity index (χ4n) is 13.1. The van der Waals surface area contributed by atoms with Crippen LogP contribution in [0, 0.1) is 0 Å². The zero-order chi connectivity index (χ0) is 79.0. The number of nitrogens with two attached hydrogens (primary N) is 3. The Labute approximate surface area is 622 Å². The number of hydrogen-bond donors (Lipinski definition) is 17. The summed E-state index contributed by atoms with van der Waals surface area (Å²) in [6.07, 6.45) is -28.9. The SMILES string of the molecule is CC[C@@]1(OC(=O)NCCC(=O)NC(CCCNCCOCCO[C@H]2O[C@H](CO)[C@@H](O)[C@H](OC(N)=O)[C@@H]2O)(CCC(=O)NCCOCCO[C@H]2O[C@H](CO)[C@@H](O)[C@H](OC(N)=O)[C@@H]2O)CCC(=O)NCCOCCO[C@H]2O[C@H](CO)[C@@H](O)[C@H](OC(N)=O)[C@@H]2O)C(=O)OCc2c1cc1n(c2=O)Cc2cc3ccccc3nc2-1. The third-order valence-corrected chi connectivity index (χ3v) is 18.7. The van der Waals surface area contributed by atoms with Gasteiger partial charge in [0.25, 0.3) is 5.56 Å². The minimum Gasteiger partial charge on any atom is -0.457 e. The van der Waals surface area contributed by atoms with Gasteiger partial charge in [-0.25, -0.2) is 29.0 Å². The Balaban J connectivity index is 0.907. The summed E-state index contributed by atoms with van der Waals surface area (Å²) < 4.78 is 77.2. The number of hydrogen-bond acceptors (Lipinski definition) is 34. The third kappa shape index (κ3) is 23.2. The number of nitrogens with zero attached hydrogens (tertiary/aromatic N) is 2. The van der Waals surface area contributed by atoms with E-state index >= 15 is 0 Å². The van der Waals surface area contributed by atoms with Crippen LogP contribution in [0.15, 0.2) is 41.2 Å². The first-order valence-corrected chi connectivity index (χ1v) is 35.5. The molecule has 20 N–H and O–H groups in total. The number of alkyl carbamates (subject to hydrolysis) is 1. The quantitative estimate of drug-likeness (QED) is 0.0111. The third-order valence-electron chi connectivity index (χ3n) is 18.7. The monoisotopic (exact) mass is 1550 g/mol. The molecule has 0 unspecified atom stereocenters. The number of benzene rings is 1. The molecule has 0 aliphatic carbocycles. The van der Waals surface area contributed by atoms with Gasteiger partial charge in [0.1, 0.15) is 61.5 Å². The number of ether oxygens (including phenoxy) is 14. The molecule has 3 aromatic rings. The van der Waals surface area contributed by atoms with Crippen molar-refractivity contribution in [2.75, 3.05) is 112 Å². The van der Waals surface area contributed by atoms with Gasteiger partial charge in [0.2, 0.25) is 23.3 Å². The minimum atomic E-state index is -2.11. The number of nitrogens with one attached hydrogen (secondary N) is 5. The van der Waals surface area contributed by atoms with Gasteiger partial charge in [-0.15, -0.1) is 0 Å². The number of para-hydroxylation sites is 1. The first-order valence-electron chi connectivity index (χ1n) is 35.5. The van der Waals surface area contributed by atoms with Crippen molar-refractivity contribution < 1.29 is 151 Å². The van der Waals surface area contributed by atoms with E-state index in [1.807, 2.05) is 30.3 Å². The molecular weight excluding hydrogens is 1460 g/mol. The van der Waals surface area contributed by atoms with Crippen molar-refractivity contribution in [1.29, 1.82) is 0 Å². The fraction of sp³-hybridized carbons (Fsp3) is 0.672. The summed E-state index contributed by atoms with van der Waals surface area (Å²) >= 11 is 0. The Bertz CT molecular complexity index is 3520. The Morgan fingerprint density at radius 3 is 1.55 bits per heavy atom. The highest BCUT2D eigenvalue weighted by molar-refractivity contribution is 5.88. The van der Waals surface area contributed by atoms with Crippen molar-refractivity contribution in [2.24, 2.45) is 17.2 Å². The number of rotatable bonds is 43. The Kier molecular flexibility index (Phi) is 33.1. The van der Waals surface area contributed by atoms with Gasteiger partial charge < -0.3 is 161 Å². The fourth-order valence-corrected chi connectivity index (χ4v) is 13.1. The summed E-state index contributed by atoms with van der Waals surface area (Å²) in [4.78, 5) is 123. The van der Waals surface area contributed by atoms with E-state index < -0.39 is 190 Å². The van der Waals surface area contributed by atoms with Crippen molar-refractivity contribution >= 4 is 59.0 Å². The number of aliphatic hydroxyl groups is 9. The van der Waals surface area contributed by atoms with Crippen LogP contribution in [0.25, 0.3) is 22.3 Å². The molecule has 5 aliphatic heterocycles. The molecule has 1 aromatic carbocycles. The van der Waals surface area contributed by atoms with Crippen LogP contribution in [0.4, 0.5) is 19.2 Å². The molecule has 7 amide bonds. The summed E-state index contributed by atoms with van der Waals surface area (Å²) in [7, 11) is 0. The summed E-state index contributed by atoms with van der Waals surface area (Å²) in [5, 5.41) is 107. The average Bonchev–Trinajstić information content (AvgIpc) is 1.63. The minimum absolute atomic E-state index is 0.0441. The number of aromatic nitrogens is 2. The summed E-state index contributed by atoms with van der Waals surface area (Å²) in [5.74, 6) is -2.63. The Morgan fingerprint density at radius 1 is 0.587 bits per heavy atom. The standard InChI is InChI=1S/C67H98N10O32/c1-2-67(38-29-40-47-36(28-35-6-3-4-7-39(35)75-47)30-77(40)57(90)37(38)34-102-61(67)91)109-65(95)74-15-10-46(83)76-66(11-5-14-71-16-19-96-22-25-99-58-51(87)54(106-62(68)92)48(84)41(31-78)103-58,12-8-44(81)72-17-20-97-23-26-100-59-52(88)55(107-63(69)93)49(85)42(32-79)104-59)13-9-45(82)73-18-21-98-24-27-101-60-53(89)56(108-64(70)94)50(86)43(33-80)105-60/h3-4,6-7,28-29,41-43,48-56,58-60,71,78-80,84-89H,2,5,8-27,30-34H2,1H3,(H2,68,92)(H2,69,93)(H2,70,94)(H,72,81)(H,73,82)(H,74,95)(H,76,83)/t41-,42-,43-,48-,49-,50-,51+,52+,53+,54+,55+,56+,58+,59+,60+,67+/m1/s1. The lowest BCUT2D eigenvalue weighted by Crippen LogP contribution is -2.60. The Morgan fingerprint density at radius 2 is 1.07 bits per heavy atom. The second kappa shape index (κ2) is 41.7. The van der Waals surface area contributed by atoms with Crippen molar-refractivity contribution in [3.05, 3.63) is 63.4 Å². The lowest BCUT2D eigenvalue weighted by molar-refractivity contribution is -0.301. The van der Waals surface area contributed by atoms with Gasteiger partial charge in [-0.1, -0.05) is 25.1 Å². The van der Waals surface area contributed by atoms with Crippen molar-refractivity contribution in [3.8, 4) is 11.4 Å². The number of aliphatic hydroxyl groups excluding tert-OH is 9.